The molecule has 1 saturated heterocycles. The third-order valence-corrected chi connectivity index (χ3v) is 4.53. The number of amides is 1. The Kier molecular flexibility index (Phi) is 5.65. The van der Waals surface area contributed by atoms with Crippen LogP contribution >= 0.6 is 11.6 Å². The smallest absolute Gasteiger partial charge is 0.230 e. The highest BCUT2D eigenvalue weighted by atomic mass is 35.5. The Morgan fingerprint density at radius 2 is 2.00 bits per heavy atom. The first-order valence-electron chi connectivity index (χ1n) is 7.71. The van der Waals surface area contributed by atoms with E-state index in [9.17, 15) is 9.90 Å². The highest BCUT2D eigenvalue weighted by molar-refractivity contribution is 6.30. The van der Waals surface area contributed by atoms with Gasteiger partial charge in [-0.25, -0.2) is 0 Å². The highest BCUT2D eigenvalue weighted by Crippen LogP contribution is 2.30. The van der Waals surface area contributed by atoms with Crippen molar-refractivity contribution >= 4 is 17.5 Å². The number of piperidine rings is 1. The molecule has 116 valence electrons. The first-order chi connectivity index (χ1) is 10.0. The van der Waals surface area contributed by atoms with Crippen LogP contribution in [0.5, 0.6) is 0 Å². The molecule has 1 aromatic carbocycles. The van der Waals surface area contributed by atoms with E-state index < -0.39 is 0 Å². The molecule has 0 spiro atoms. The van der Waals surface area contributed by atoms with Crippen LogP contribution in [0.4, 0.5) is 0 Å². The molecular weight excluding hydrogens is 286 g/mol. The Balaban J connectivity index is 2.24. The first-order valence-corrected chi connectivity index (χ1v) is 8.09. The van der Waals surface area contributed by atoms with E-state index in [2.05, 4.69) is 13.8 Å². The lowest BCUT2D eigenvalue weighted by molar-refractivity contribution is -0.138. The average molecular weight is 310 g/mol. The SMILES string of the molecule is CC(C)C(C(=O)N1CCCCC1CO)c1ccc(Cl)cc1. The second-order valence-corrected chi connectivity index (χ2v) is 6.57. The fraction of sp³-hybridized carbons (Fsp3) is 0.588. The van der Waals surface area contributed by atoms with Crippen molar-refractivity contribution in [2.45, 2.75) is 45.1 Å². The molecule has 1 N–H and O–H groups in total. The normalized spacial score (nSPS) is 20.6. The van der Waals surface area contributed by atoms with Crippen LogP contribution in [0, 0.1) is 5.92 Å². The van der Waals surface area contributed by atoms with Gasteiger partial charge in [-0.05, 0) is 42.9 Å². The van der Waals surface area contributed by atoms with E-state index in [1.54, 1.807) is 0 Å². The van der Waals surface area contributed by atoms with Crippen LogP contribution in [0.1, 0.15) is 44.6 Å². The van der Waals surface area contributed by atoms with Gasteiger partial charge in [0.15, 0.2) is 0 Å². The number of hydrogen-bond donors (Lipinski definition) is 1. The Bertz CT molecular complexity index is 472. The number of likely N-dealkylation sites (tertiary alicyclic amines) is 1. The second kappa shape index (κ2) is 7.28. The van der Waals surface area contributed by atoms with Gasteiger partial charge >= 0.3 is 0 Å². The lowest BCUT2D eigenvalue weighted by Crippen LogP contribution is -2.48. The molecule has 21 heavy (non-hydrogen) atoms. The van der Waals surface area contributed by atoms with Gasteiger partial charge in [0, 0.05) is 11.6 Å². The number of aliphatic hydroxyl groups excluding tert-OH is 1. The number of carbonyl (C=O) groups is 1. The van der Waals surface area contributed by atoms with Gasteiger partial charge in [0.05, 0.1) is 18.6 Å². The monoisotopic (exact) mass is 309 g/mol. The molecule has 4 heteroatoms. The molecule has 0 saturated carbocycles. The van der Waals surface area contributed by atoms with Crippen molar-refractivity contribution in [2.75, 3.05) is 13.2 Å². The largest absolute Gasteiger partial charge is 0.394 e. The molecule has 2 rings (SSSR count). The molecule has 0 radical (unpaired) electrons. The van der Waals surface area contributed by atoms with Crippen molar-refractivity contribution in [1.29, 1.82) is 0 Å². The lowest BCUT2D eigenvalue weighted by atomic mass is 9.86. The summed E-state index contributed by atoms with van der Waals surface area (Å²) in [5, 5.41) is 10.2. The maximum Gasteiger partial charge on any atom is 0.230 e. The summed E-state index contributed by atoms with van der Waals surface area (Å²) in [6, 6.07) is 7.50. The van der Waals surface area contributed by atoms with Crippen LogP contribution in [-0.2, 0) is 4.79 Å². The van der Waals surface area contributed by atoms with Crippen LogP contribution in [0.3, 0.4) is 0 Å². The number of rotatable bonds is 4. The molecule has 1 amide bonds. The van der Waals surface area contributed by atoms with Gasteiger partial charge in [-0.1, -0.05) is 37.6 Å². The minimum absolute atomic E-state index is 0.0280. The molecule has 2 atom stereocenters. The Labute approximate surface area is 131 Å². The highest BCUT2D eigenvalue weighted by Gasteiger charge is 2.33. The molecule has 1 aliphatic heterocycles. The van der Waals surface area contributed by atoms with Crippen LogP contribution in [-0.4, -0.2) is 35.1 Å². The molecular formula is C17H24ClNO2. The minimum Gasteiger partial charge on any atom is -0.394 e. The number of aliphatic hydroxyl groups is 1. The molecule has 1 heterocycles. The Morgan fingerprint density at radius 1 is 1.33 bits per heavy atom. The van der Waals surface area contributed by atoms with Crippen molar-refractivity contribution in [1.82, 2.24) is 4.90 Å². The van der Waals surface area contributed by atoms with Crippen molar-refractivity contribution in [3.05, 3.63) is 34.9 Å². The number of hydrogen-bond acceptors (Lipinski definition) is 2. The predicted octanol–water partition coefficient (Wildman–Crippen LogP) is 3.45. The van der Waals surface area contributed by atoms with Crippen LogP contribution in [0.2, 0.25) is 5.02 Å². The van der Waals surface area contributed by atoms with E-state index in [4.69, 9.17) is 11.6 Å². The summed E-state index contributed by atoms with van der Waals surface area (Å²) in [6.07, 6.45) is 3.00. The topological polar surface area (TPSA) is 40.5 Å². The molecule has 1 fully saturated rings. The van der Waals surface area contributed by atoms with E-state index in [0.29, 0.717) is 5.02 Å². The molecule has 0 aromatic heterocycles. The maximum atomic E-state index is 13.0. The van der Waals surface area contributed by atoms with Gasteiger partial charge in [0.2, 0.25) is 5.91 Å². The molecule has 0 aliphatic carbocycles. The summed E-state index contributed by atoms with van der Waals surface area (Å²) in [5.74, 6) is 0.167. The zero-order valence-corrected chi connectivity index (χ0v) is 13.5. The molecule has 3 nitrogen and oxygen atoms in total. The number of halogens is 1. The zero-order valence-electron chi connectivity index (χ0n) is 12.8. The zero-order chi connectivity index (χ0) is 15.4. The molecule has 1 aliphatic rings. The van der Waals surface area contributed by atoms with Crippen molar-refractivity contribution < 1.29 is 9.90 Å². The third-order valence-electron chi connectivity index (χ3n) is 4.28. The van der Waals surface area contributed by atoms with Gasteiger partial charge in [-0.3, -0.25) is 4.79 Å². The maximum absolute atomic E-state index is 13.0. The standard InChI is InChI=1S/C17H24ClNO2/c1-12(2)16(13-6-8-14(18)9-7-13)17(21)19-10-4-3-5-15(19)11-20/h6-9,12,15-16,20H,3-5,10-11H2,1-2H3. The summed E-state index contributed by atoms with van der Waals surface area (Å²) < 4.78 is 0. The van der Waals surface area contributed by atoms with Gasteiger partial charge in [-0.2, -0.15) is 0 Å². The van der Waals surface area contributed by atoms with Crippen molar-refractivity contribution in [3.63, 3.8) is 0 Å². The van der Waals surface area contributed by atoms with Crippen molar-refractivity contribution in [3.8, 4) is 0 Å². The van der Waals surface area contributed by atoms with E-state index in [0.717, 1.165) is 31.4 Å². The fourth-order valence-electron chi connectivity index (χ4n) is 3.14. The van der Waals surface area contributed by atoms with E-state index in [1.165, 1.54) is 0 Å². The molecule has 0 bridgehead atoms. The van der Waals surface area contributed by atoms with Gasteiger partial charge in [0.1, 0.15) is 0 Å². The van der Waals surface area contributed by atoms with Gasteiger partial charge in [0.25, 0.3) is 0 Å². The average Bonchev–Trinajstić information content (AvgIpc) is 2.49. The van der Waals surface area contributed by atoms with Crippen molar-refractivity contribution in [2.24, 2.45) is 5.92 Å². The summed E-state index contributed by atoms with van der Waals surface area (Å²) in [5.41, 5.74) is 1.00. The van der Waals surface area contributed by atoms with Gasteiger partial charge < -0.3 is 10.0 Å². The second-order valence-electron chi connectivity index (χ2n) is 6.14. The van der Waals surface area contributed by atoms with E-state index >= 15 is 0 Å². The Hall–Kier alpha value is -1.06. The number of nitrogens with zero attached hydrogens (tertiary/aromatic N) is 1. The predicted molar refractivity (Wildman–Crippen MR) is 85.5 cm³/mol. The minimum atomic E-state index is -0.172. The number of carbonyl (C=O) groups excluding carboxylic acids is 1. The lowest BCUT2D eigenvalue weighted by Gasteiger charge is -2.38. The summed E-state index contributed by atoms with van der Waals surface area (Å²) in [4.78, 5) is 14.9. The van der Waals surface area contributed by atoms with Crippen LogP contribution in [0.25, 0.3) is 0 Å². The van der Waals surface area contributed by atoms with E-state index in [-0.39, 0.29) is 30.4 Å². The molecule has 1 aromatic rings. The first kappa shape index (κ1) is 16.3. The van der Waals surface area contributed by atoms with Gasteiger partial charge in [-0.15, -0.1) is 0 Å². The number of benzene rings is 1. The van der Waals surface area contributed by atoms with E-state index in [1.807, 2.05) is 29.2 Å². The summed E-state index contributed by atoms with van der Waals surface area (Å²) in [6.45, 7) is 4.93. The summed E-state index contributed by atoms with van der Waals surface area (Å²) >= 11 is 5.94. The van der Waals surface area contributed by atoms with Crippen LogP contribution < -0.4 is 0 Å². The molecule has 2 unspecified atom stereocenters. The van der Waals surface area contributed by atoms with Crippen LogP contribution in [0.15, 0.2) is 24.3 Å². The summed E-state index contributed by atoms with van der Waals surface area (Å²) in [7, 11) is 0. The quantitative estimate of drug-likeness (QED) is 0.925. The fourth-order valence-corrected chi connectivity index (χ4v) is 3.27. The Morgan fingerprint density at radius 3 is 2.57 bits per heavy atom. The third kappa shape index (κ3) is 3.78.